The smallest absolute Gasteiger partial charge is 0.134 e. The zero-order chi connectivity index (χ0) is 27.6. The van der Waals surface area contributed by atoms with E-state index in [-0.39, 0.29) is 5.78 Å². The fourth-order valence-corrected chi connectivity index (χ4v) is 6.44. The highest BCUT2D eigenvalue weighted by atomic mass is 32.1. The maximum absolute atomic E-state index is 12.5. The van der Waals surface area contributed by atoms with Crippen LogP contribution in [0.5, 0.6) is 11.5 Å². The van der Waals surface area contributed by atoms with Gasteiger partial charge in [-0.1, -0.05) is 55.4 Å². The van der Waals surface area contributed by atoms with Crippen molar-refractivity contribution in [2.75, 3.05) is 14.2 Å². The predicted octanol–water partition coefficient (Wildman–Crippen LogP) is 9.72. The molecule has 200 valence electrons. The van der Waals surface area contributed by atoms with Crippen LogP contribution in [0.3, 0.4) is 0 Å². The lowest BCUT2D eigenvalue weighted by molar-refractivity contribution is -0.116. The van der Waals surface area contributed by atoms with Crippen LogP contribution in [0.1, 0.15) is 114 Å². The maximum atomic E-state index is 12.5. The van der Waals surface area contributed by atoms with Crippen LogP contribution in [0.2, 0.25) is 0 Å². The minimum atomic E-state index is 0.180. The fraction of sp³-hybridized carbons (Fsp3) is 0.485. The van der Waals surface area contributed by atoms with Crippen LogP contribution in [0.4, 0.5) is 0 Å². The average Bonchev–Trinajstić information content (AvgIpc) is 3.23. The topological polar surface area (TPSA) is 35.5 Å². The van der Waals surface area contributed by atoms with Crippen LogP contribution in [-0.4, -0.2) is 20.0 Å². The molecule has 0 aliphatic rings. The Bertz CT molecular complexity index is 1200. The maximum Gasteiger partial charge on any atom is 0.134 e. The van der Waals surface area contributed by atoms with Crippen molar-refractivity contribution in [3.05, 3.63) is 58.1 Å². The van der Waals surface area contributed by atoms with Gasteiger partial charge in [-0.3, -0.25) is 4.79 Å². The van der Waals surface area contributed by atoms with Gasteiger partial charge in [0.2, 0.25) is 0 Å². The molecule has 0 aliphatic carbocycles. The van der Waals surface area contributed by atoms with Gasteiger partial charge in [-0.05, 0) is 99.9 Å². The molecule has 0 radical (unpaired) electrons. The Hall–Kier alpha value is -2.59. The van der Waals surface area contributed by atoms with Crippen LogP contribution in [0.15, 0.2) is 30.3 Å². The Balaban J connectivity index is 2.45. The quantitative estimate of drug-likeness (QED) is 0.267. The van der Waals surface area contributed by atoms with E-state index in [1.165, 1.54) is 43.1 Å². The van der Waals surface area contributed by atoms with Crippen molar-refractivity contribution in [3.8, 4) is 32.4 Å². The van der Waals surface area contributed by atoms with E-state index in [4.69, 9.17) is 9.47 Å². The molecule has 3 rings (SSSR count). The van der Waals surface area contributed by atoms with E-state index in [1.54, 1.807) is 21.1 Å². The first-order chi connectivity index (χ1) is 17.4. The van der Waals surface area contributed by atoms with Gasteiger partial charge in [0, 0.05) is 16.2 Å². The van der Waals surface area contributed by atoms with Crippen molar-refractivity contribution in [1.82, 2.24) is 0 Å². The molecule has 0 saturated heterocycles. The summed E-state index contributed by atoms with van der Waals surface area (Å²) < 4.78 is 11.4. The van der Waals surface area contributed by atoms with E-state index < -0.39 is 0 Å². The normalized spacial score (nSPS) is 11.8. The Kier molecular flexibility index (Phi) is 9.28. The average molecular weight is 521 g/mol. The molecular weight excluding hydrogens is 476 g/mol. The molecular formula is C33H44O3S. The molecule has 0 N–H and O–H groups in total. The highest BCUT2D eigenvalue weighted by molar-refractivity contribution is 7.19. The third-order valence-electron chi connectivity index (χ3n) is 7.03. The third kappa shape index (κ3) is 6.12. The highest BCUT2D eigenvalue weighted by Gasteiger charge is 2.26. The molecule has 4 heteroatoms. The molecule has 0 spiro atoms. The van der Waals surface area contributed by atoms with Crippen LogP contribution in [0.25, 0.3) is 20.9 Å². The number of carbonyl (C=O) groups is 1. The van der Waals surface area contributed by atoms with Gasteiger partial charge >= 0.3 is 0 Å². The first kappa shape index (κ1) is 29.0. The molecule has 37 heavy (non-hydrogen) atoms. The molecule has 1 heterocycles. The highest BCUT2D eigenvalue weighted by Crippen LogP contribution is 2.49. The molecule has 0 unspecified atom stereocenters. The van der Waals surface area contributed by atoms with Crippen molar-refractivity contribution in [2.24, 2.45) is 0 Å². The zero-order valence-corrected chi connectivity index (χ0v) is 25.4. The Morgan fingerprint density at radius 1 is 0.676 bits per heavy atom. The molecule has 0 fully saturated rings. The molecule has 3 nitrogen and oxygen atoms in total. The number of methoxy groups -OCH3 is 2. The molecule has 0 bridgehead atoms. The first-order valence-electron chi connectivity index (χ1n) is 13.5. The molecule has 2 aromatic carbocycles. The zero-order valence-electron chi connectivity index (χ0n) is 24.5. The summed E-state index contributed by atoms with van der Waals surface area (Å²) >= 11 is 1.83. The van der Waals surface area contributed by atoms with Gasteiger partial charge in [0.05, 0.1) is 14.2 Å². The van der Waals surface area contributed by atoms with Gasteiger partial charge < -0.3 is 9.47 Å². The first-order valence-corrected chi connectivity index (χ1v) is 14.3. The van der Waals surface area contributed by atoms with Crippen LogP contribution < -0.4 is 9.47 Å². The van der Waals surface area contributed by atoms with Crippen molar-refractivity contribution < 1.29 is 14.3 Å². The monoisotopic (exact) mass is 520 g/mol. The third-order valence-corrected chi connectivity index (χ3v) is 8.24. The molecule has 0 aliphatic heterocycles. The van der Waals surface area contributed by atoms with E-state index in [9.17, 15) is 4.79 Å². The standard InChI is InChI=1S/C33H44O3S/c1-18(2)26-14-24(35-10)15-27(19(3)4)31(26)30-13-23(12-22(9)34)33(37-30)32-28(20(5)6)16-25(36-11)17-29(32)21(7)8/h13-21H,12H2,1-11H3. The van der Waals surface area contributed by atoms with Gasteiger partial charge in [-0.25, -0.2) is 0 Å². The molecule has 0 saturated carbocycles. The van der Waals surface area contributed by atoms with E-state index in [0.717, 1.165) is 17.1 Å². The lowest BCUT2D eigenvalue weighted by Crippen LogP contribution is -2.03. The molecule has 0 atom stereocenters. The number of Topliss-reactive ketones (excluding diaryl/α,β-unsaturated/α-hetero) is 1. The number of ether oxygens (including phenoxy) is 2. The van der Waals surface area contributed by atoms with Crippen molar-refractivity contribution in [3.63, 3.8) is 0 Å². The minimum Gasteiger partial charge on any atom is -0.497 e. The second kappa shape index (κ2) is 11.9. The van der Waals surface area contributed by atoms with E-state index in [1.807, 2.05) is 11.3 Å². The number of thiophene rings is 1. The van der Waals surface area contributed by atoms with E-state index in [0.29, 0.717) is 30.1 Å². The van der Waals surface area contributed by atoms with Crippen LogP contribution in [-0.2, 0) is 11.2 Å². The Morgan fingerprint density at radius 3 is 1.38 bits per heavy atom. The second-order valence-electron chi connectivity index (χ2n) is 11.3. The minimum absolute atomic E-state index is 0.180. The molecule has 3 aromatic rings. The van der Waals surface area contributed by atoms with Gasteiger partial charge in [0.25, 0.3) is 0 Å². The number of rotatable bonds is 10. The number of carbonyl (C=O) groups excluding carboxylic acids is 1. The SMILES string of the molecule is COc1cc(C(C)C)c(-c2cc(CC(C)=O)c(-c3c(C(C)C)cc(OC)cc3C(C)C)s2)c(C(C)C)c1. The summed E-state index contributed by atoms with van der Waals surface area (Å²) in [5.41, 5.74) is 8.78. The summed E-state index contributed by atoms with van der Waals surface area (Å²) in [6, 6.07) is 11.0. The van der Waals surface area contributed by atoms with Crippen molar-refractivity contribution >= 4 is 17.1 Å². The van der Waals surface area contributed by atoms with Crippen LogP contribution in [0, 0.1) is 0 Å². The predicted molar refractivity (Wildman–Crippen MR) is 159 cm³/mol. The Labute approximate surface area is 228 Å². The number of hydrogen-bond acceptors (Lipinski definition) is 4. The summed E-state index contributed by atoms with van der Waals surface area (Å²) in [6.45, 7) is 19.6. The summed E-state index contributed by atoms with van der Waals surface area (Å²) in [5, 5.41) is 0. The fourth-order valence-electron chi connectivity index (χ4n) is 5.09. The summed E-state index contributed by atoms with van der Waals surface area (Å²) in [7, 11) is 3.47. The van der Waals surface area contributed by atoms with Crippen molar-refractivity contribution in [2.45, 2.75) is 92.4 Å². The van der Waals surface area contributed by atoms with E-state index >= 15 is 0 Å². The second-order valence-corrected chi connectivity index (χ2v) is 12.4. The lowest BCUT2D eigenvalue weighted by Gasteiger charge is -2.22. The number of hydrogen-bond donors (Lipinski definition) is 0. The van der Waals surface area contributed by atoms with Gasteiger partial charge in [0.1, 0.15) is 17.3 Å². The lowest BCUT2D eigenvalue weighted by atomic mass is 9.85. The van der Waals surface area contributed by atoms with E-state index in [2.05, 4.69) is 85.7 Å². The van der Waals surface area contributed by atoms with Gasteiger partial charge in [0.15, 0.2) is 0 Å². The number of benzene rings is 2. The molecule has 0 amide bonds. The van der Waals surface area contributed by atoms with Crippen LogP contribution >= 0.6 is 11.3 Å². The summed E-state index contributed by atoms with van der Waals surface area (Å²) in [5.74, 6) is 3.27. The summed E-state index contributed by atoms with van der Waals surface area (Å²) in [4.78, 5) is 14.9. The van der Waals surface area contributed by atoms with Gasteiger partial charge in [-0.2, -0.15) is 0 Å². The largest absolute Gasteiger partial charge is 0.497 e. The number of ketones is 1. The summed E-state index contributed by atoms with van der Waals surface area (Å²) in [6.07, 6.45) is 0.428. The van der Waals surface area contributed by atoms with Crippen molar-refractivity contribution in [1.29, 1.82) is 0 Å². The molecule has 1 aromatic heterocycles. The Morgan fingerprint density at radius 2 is 1.05 bits per heavy atom. The van der Waals surface area contributed by atoms with Gasteiger partial charge in [-0.15, -0.1) is 11.3 Å².